The highest BCUT2D eigenvalue weighted by atomic mass is 32.2. The van der Waals surface area contributed by atoms with Gasteiger partial charge in [0, 0.05) is 24.8 Å². The Kier molecular flexibility index (Phi) is 8.64. The predicted molar refractivity (Wildman–Crippen MR) is 145 cm³/mol. The molecule has 3 aromatic carbocycles. The number of carbonyl (C=O) groups excluding carboxylic acids is 1. The van der Waals surface area contributed by atoms with E-state index in [0.29, 0.717) is 23.4 Å². The third kappa shape index (κ3) is 6.71. The molecule has 1 N–H and O–H groups in total. The molecule has 4 aromatic rings. The van der Waals surface area contributed by atoms with Crippen molar-refractivity contribution in [1.82, 2.24) is 14.6 Å². The molecule has 0 bridgehead atoms. The molecule has 1 heterocycles. The summed E-state index contributed by atoms with van der Waals surface area (Å²) in [5.41, 5.74) is 3.37. The molecular formula is C30H28N4O3S. The number of benzene rings is 3. The molecule has 7 nitrogen and oxygen atoms in total. The maximum atomic E-state index is 13.5. The minimum absolute atomic E-state index is 0.0722. The summed E-state index contributed by atoms with van der Waals surface area (Å²) in [5, 5.41) is 12.0. The number of amides is 1. The first-order valence-electron chi connectivity index (χ1n) is 12.2. The minimum atomic E-state index is -3.89. The molecule has 4 rings (SSSR count). The van der Waals surface area contributed by atoms with Crippen molar-refractivity contribution < 1.29 is 13.2 Å². The second-order valence-corrected chi connectivity index (χ2v) is 10.9. The molecule has 1 unspecified atom stereocenters. The Hall–Kier alpha value is -4.32. The number of rotatable bonds is 10. The van der Waals surface area contributed by atoms with Crippen LogP contribution in [-0.2, 0) is 23.1 Å². The number of nitrogens with zero attached hydrogens (tertiary/aromatic N) is 3. The van der Waals surface area contributed by atoms with Gasteiger partial charge in [-0.05, 0) is 65.6 Å². The molecule has 192 valence electrons. The minimum Gasteiger partial charge on any atom is -0.351 e. The van der Waals surface area contributed by atoms with E-state index >= 15 is 0 Å². The fourth-order valence-corrected chi connectivity index (χ4v) is 5.36. The molecule has 8 heteroatoms. The van der Waals surface area contributed by atoms with Crippen molar-refractivity contribution in [1.29, 1.82) is 5.26 Å². The summed E-state index contributed by atoms with van der Waals surface area (Å²) >= 11 is 0. The summed E-state index contributed by atoms with van der Waals surface area (Å²) in [4.78, 5) is 17.1. The van der Waals surface area contributed by atoms with Gasteiger partial charge in [-0.1, -0.05) is 55.5 Å². The Balaban J connectivity index is 1.48. The lowest BCUT2D eigenvalue weighted by Gasteiger charge is -2.22. The lowest BCUT2D eigenvalue weighted by atomic mass is 10.0. The van der Waals surface area contributed by atoms with Gasteiger partial charge in [-0.3, -0.25) is 9.78 Å². The molecule has 0 radical (unpaired) electrons. The second kappa shape index (κ2) is 12.3. The first-order chi connectivity index (χ1) is 18.4. The Morgan fingerprint density at radius 1 is 0.921 bits per heavy atom. The number of nitrogens with one attached hydrogen (secondary N) is 1. The molecule has 0 fully saturated rings. The number of aromatic nitrogens is 1. The van der Waals surface area contributed by atoms with Gasteiger partial charge in [0.25, 0.3) is 5.91 Å². The van der Waals surface area contributed by atoms with Crippen LogP contribution >= 0.6 is 0 Å². The van der Waals surface area contributed by atoms with E-state index in [1.165, 1.54) is 28.6 Å². The third-order valence-corrected chi connectivity index (χ3v) is 8.00. The molecule has 0 aliphatic rings. The highest BCUT2D eigenvalue weighted by molar-refractivity contribution is 7.89. The fourth-order valence-electron chi connectivity index (χ4n) is 3.96. The van der Waals surface area contributed by atoms with Gasteiger partial charge in [0.15, 0.2) is 0 Å². The summed E-state index contributed by atoms with van der Waals surface area (Å²) in [6.07, 6.45) is 1.62. The van der Waals surface area contributed by atoms with Gasteiger partial charge in [0.1, 0.15) is 0 Å². The van der Waals surface area contributed by atoms with E-state index < -0.39 is 10.0 Å². The molecule has 0 saturated carbocycles. The lowest BCUT2D eigenvalue weighted by molar-refractivity contribution is 0.0951. The van der Waals surface area contributed by atoms with Crippen LogP contribution in [-0.4, -0.2) is 30.2 Å². The number of carbonyl (C=O) groups is 1. The van der Waals surface area contributed by atoms with Gasteiger partial charge in [-0.25, -0.2) is 8.42 Å². The molecular weight excluding hydrogens is 496 g/mol. The largest absolute Gasteiger partial charge is 0.351 e. The number of pyridine rings is 1. The molecule has 1 amide bonds. The van der Waals surface area contributed by atoms with Gasteiger partial charge in [-0.2, -0.15) is 9.57 Å². The number of hydrogen-bond acceptors (Lipinski definition) is 5. The molecule has 0 aliphatic carbocycles. The van der Waals surface area contributed by atoms with E-state index in [0.717, 1.165) is 11.1 Å². The fraction of sp³-hybridized carbons (Fsp3) is 0.167. The molecule has 0 spiro atoms. The molecule has 38 heavy (non-hydrogen) atoms. The van der Waals surface area contributed by atoms with Crippen molar-refractivity contribution >= 4 is 15.9 Å². The van der Waals surface area contributed by atoms with Crippen molar-refractivity contribution in [3.05, 3.63) is 131 Å². The number of hydrogen-bond donors (Lipinski definition) is 1. The Morgan fingerprint density at radius 3 is 2.24 bits per heavy atom. The van der Waals surface area contributed by atoms with Gasteiger partial charge in [0.2, 0.25) is 10.0 Å². The summed E-state index contributed by atoms with van der Waals surface area (Å²) in [5.74, 6) is -0.0121. The lowest BCUT2D eigenvalue weighted by Crippen LogP contribution is -2.31. The summed E-state index contributed by atoms with van der Waals surface area (Å²) < 4.78 is 28.4. The number of sulfonamides is 1. The van der Waals surface area contributed by atoms with E-state index in [2.05, 4.69) is 17.2 Å². The van der Waals surface area contributed by atoms with Crippen LogP contribution in [0.15, 0.2) is 108 Å². The zero-order valence-electron chi connectivity index (χ0n) is 21.0. The topological polar surface area (TPSA) is 103 Å². The van der Waals surface area contributed by atoms with Crippen molar-refractivity contribution in [2.75, 3.05) is 6.54 Å². The molecule has 1 atom stereocenters. The van der Waals surface area contributed by atoms with Crippen LogP contribution in [0.2, 0.25) is 0 Å². The Labute approximate surface area is 223 Å². The standard InChI is InChI=1S/C30H28N4O3S/c1-23(26-7-3-2-4-8-26)20-33-30(35)27-14-10-25(11-15-27)21-34(22-28-9-5-6-18-32-28)38(36,37)29-16-12-24(19-31)13-17-29/h2-18,23H,20-22H2,1H3,(H,33,35). The van der Waals surface area contributed by atoms with Crippen molar-refractivity contribution in [3.63, 3.8) is 0 Å². The first-order valence-corrected chi connectivity index (χ1v) is 13.6. The van der Waals surface area contributed by atoms with Crippen molar-refractivity contribution in [3.8, 4) is 6.07 Å². The zero-order chi connectivity index (χ0) is 27.0. The highest BCUT2D eigenvalue weighted by Crippen LogP contribution is 2.22. The number of nitriles is 1. The Bertz CT molecular complexity index is 1500. The van der Waals surface area contributed by atoms with Gasteiger partial charge in [-0.15, -0.1) is 0 Å². The van der Waals surface area contributed by atoms with Gasteiger partial charge >= 0.3 is 0 Å². The average Bonchev–Trinajstić information content (AvgIpc) is 2.96. The van der Waals surface area contributed by atoms with Crippen LogP contribution in [0.1, 0.15) is 45.6 Å². The normalized spacial score (nSPS) is 12.0. The van der Waals surface area contributed by atoms with E-state index in [9.17, 15) is 13.2 Å². The average molecular weight is 525 g/mol. The van der Waals surface area contributed by atoms with Crippen LogP contribution in [0.3, 0.4) is 0 Å². The third-order valence-electron chi connectivity index (χ3n) is 6.20. The molecule has 0 aliphatic heterocycles. The van der Waals surface area contributed by atoms with Crippen LogP contribution in [0.25, 0.3) is 0 Å². The van der Waals surface area contributed by atoms with E-state index in [1.54, 1.807) is 48.7 Å². The quantitative estimate of drug-likeness (QED) is 0.319. The van der Waals surface area contributed by atoms with Crippen LogP contribution in [0, 0.1) is 11.3 Å². The van der Waals surface area contributed by atoms with E-state index in [4.69, 9.17) is 5.26 Å². The smallest absolute Gasteiger partial charge is 0.251 e. The van der Waals surface area contributed by atoms with Crippen molar-refractivity contribution in [2.45, 2.75) is 30.8 Å². The van der Waals surface area contributed by atoms with Crippen molar-refractivity contribution in [2.24, 2.45) is 0 Å². The van der Waals surface area contributed by atoms with Gasteiger partial charge < -0.3 is 5.32 Å². The van der Waals surface area contributed by atoms with Crippen LogP contribution < -0.4 is 5.32 Å². The predicted octanol–water partition coefficient (Wildman–Crippen LogP) is 4.88. The Morgan fingerprint density at radius 2 is 1.61 bits per heavy atom. The first kappa shape index (κ1) is 26.7. The second-order valence-electron chi connectivity index (χ2n) is 8.95. The molecule has 1 aromatic heterocycles. The summed E-state index contributed by atoms with van der Waals surface area (Å²) in [7, 11) is -3.89. The summed E-state index contributed by atoms with van der Waals surface area (Å²) in [6.45, 7) is 2.73. The zero-order valence-corrected chi connectivity index (χ0v) is 21.8. The van der Waals surface area contributed by atoms with E-state index in [1.807, 2.05) is 36.4 Å². The maximum absolute atomic E-state index is 13.5. The highest BCUT2D eigenvalue weighted by Gasteiger charge is 2.25. The van der Waals surface area contributed by atoms with Gasteiger partial charge in [0.05, 0.1) is 28.8 Å². The summed E-state index contributed by atoms with van der Waals surface area (Å²) in [6, 6.07) is 30.1. The SMILES string of the molecule is CC(CNC(=O)c1ccc(CN(Cc2ccccn2)S(=O)(=O)c2ccc(C#N)cc2)cc1)c1ccccc1. The van der Waals surface area contributed by atoms with Crippen LogP contribution in [0.4, 0.5) is 0 Å². The van der Waals surface area contributed by atoms with E-state index in [-0.39, 0.29) is 29.8 Å². The molecule has 0 saturated heterocycles. The monoisotopic (exact) mass is 524 g/mol. The maximum Gasteiger partial charge on any atom is 0.251 e. The van der Waals surface area contributed by atoms with Crippen LogP contribution in [0.5, 0.6) is 0 Å².